The Labute approximate surface area is 852 Å². The molecule has 6 nitrogen and oxygen atoms in total. The molecule has 6 aromatic heterocycles. The summed E-state index contributed by atoms with van der Waals surface area (Å²) in [5, 5.41) is 4.43. The van der Waals surface area contributed by atoms with E-state index in [4.69, 9.17) is 19.9 Å². The topological polar surface area (TPSA) is 77.3 Å². The third kappa shape index (κ3) is 29.6. The van der Waals surface area contributed by atoms with Crippen LogP contribution >= 0.6 is 0 Å². The van der Waals surface area contributed by atoms with Crippen LogP contribution < -0.4 is 28.7 Å². The second kappa shape index (κ2) is 53.0. The van der Waals surface area contributed by atoms with Crippen LogP contribution in [0, 0.1) is 42.3 Å². The average molecular weight is 2520 g/mol. The number of hydrogen-bond acceptors (Lipinski definition) is 6. The Morgan fingerprint density at radius 2 is 0.583 bits per heavy atom. The van der Waals surface area contributed by atoms with E-state index < -0.39 is 64.0 Å². The number of hydrogen-bond donors (Lipinski definition) is 0. The maximum absolute atomic E-state index is 4.78. The monoisotopic (exact) mass is 2530 g/mol. The first kappa shape index (κ1) is 114. The van der Waals surface area contributed by atoms with Crippen molar-refractivity contribution < 1.29 is 60.3 Å². The predicted octanol–water partition coefficient (Wildman–Crippen LogP) is 30.1. The van der Waals surface area contributed by atoms with Gasteiger partial charge in [0.15, 0.2) is 0 Å². The zero-order valence-electron chi connectivity index (χ0n) is 85.0. The maximum atomic E-state index is 4.78. The van der Waals surface area contributed by atoms with Crippen LogP contribution in [0.5, 0.6) is 0 Å². The fraction of sp³-hybridized carbons (Fsp3) is 0.385. The van der Waals surface area contributed by atoms with Crippen LogP contribution in [0.1, 0.15) is 181 Å². The van der Waals surface area contributed by atoms with Gasteiger partial charge in [-0.3, -0.25) is 0 Å². The molecule has 3 radical (unpaired) electrons. The number of pyridine rings is 6. The van der Waals surface area contributed by atoms with Gasteiger partial charge in [-0.25, -0.2) is 0 Å². The molecule has 0 spiro atoms. The van der Waals surface area contributed by atoms with Gasteiger partial charge < -0.3 is 15.0 Å². The fourth-order valence-corrected chi connectivity index (χ4v) is 67.5. The molecule has 0 aliphatic heterocycles. The summed E-state index contributed by atoms with van der Waals surface area (Å²) < 4.78 is 11.5. The largest absolute Gasteiger partial charge is 0.305 e. The van der Waals surface area contributed by atoms with Gasteiger partial charge in [-0.2, -0.15) is 0 Å². The number of nitrogens with zero attached hydrogens (tertiary/aromatic N) is 6. The molecule has 0 atom stereocenters. The van der Waals surface area contributed by atoms with E-state index in [1.165, 1.54) is 52.7 Å². The summed E-state index contributed by atoms with van der Waals surface area (Å²) in [4.78, 5) is 28.4. The maximum Gasteiger partial charge on any atom is 0.0799 e. The summed E-state index contributed by atoms with van der Waals surface area (Å²) in [5.41, 5.74) is 18.1. The minimum absolute atomic E-state index is 0. The standard InChI is InChI=1S/3C20H28GeN.C20H20NSi.C19H24NSi.C18H24NSi.3Ir/c3*1-15(2)21(16(3)4,17(5)6)19-12-13-20(22-14-19)18-10-8-7-9-11-18;1-22(2,3)19-12-13-20(21-15-19)18-11-7-10-17(14-18)16-8-5-4-6-9-16;1-21(2,3)19-14-20-18(16-11-5-4-6-12-16)13-17(19)15-9-7-8-10-15;1-14(2)11-16-12-17(15-9-7-6-8-10-15)19-13-18(16)20(3,4)5;;;/h3*7-10,12-17H,1-6H3;4-10,12-15H,1-3H3;4-6,11,13-15H,7-10H2,1-3H3;6-9,12-14H,11H2,1-5H3;;;/q6*-1;;;. The van der Waals surface area contributed by atoms with Gasteiger partial charge in [0, 0.05) is 78.9 Å². The fourth-order valence-electron chi connectivity index (χ4n) is 21.4. The summed E-state index contributed by atoms with van der Waals surface area (Å²) in [5.74, 6) is 1.41. The van der Waals surface area contributed by atoms with Crippen LogP contribution in [0.25, 0.3) is 78.7 Å². The zero-order valence-corrected chi connectivity index (χ0v) is 101. The molecule has 132 heavy (non-hydrogen) atoms. The van der Waals surface area contributed by atoms with E-state index in [9.17, 15) is 0 Å². The van der Waals surface area contributed by atoms with Crippen molar-refractivity contribution in [3.63, 3.8) is 0 Å². The molecule has 0 N–H and O–H groups in total. The molecule has 15 heteroatoms. The summed E-state index contributed by atoms with van der Waals surface area (Å²) in [6.45, 7) is 69.5. The first-order chi connectivity index (χ1) is 61.2. The molecule has 707 valence electrons. The van der Waals surface area contributed by atoms with Crippen molar-refractivity contribution >= 4 is 92.8 Å². The SMILES string of the molecule is CC(C)Cc1cc(-c2[c-]cccc2)ncc1[Si](C)(C)C.C[CH](C)[Ge]([c]1ccc(-c2[c-]cccc2)nc1)([CH](C)C)[CH](C)C.C[CH](C)[Ge]([c]1ccc(-c2[c-]cccc2)nc1)([CH](C)C)[CH](C)C.C[CH](C)[Ge]([c]1ccc(-c2[c-]cccc2)nc1)([CH](C)C)[CH](C)C.C[Si](C)(C)c1ccc(-c2[c-]ccc(-c3ccccc3)c2)nc1.C[Si](C)(C)c1cnc(-c2[c-]cccc2)cc1C1CCCC1.[Ir].[Ir].[Ir]. The van der Waals surface area contributed by atoms with Gasteiger partial charge in [-0.05, 0) is 69.3 Å². The summed E-state index contributed by atoms with van der Waals surface area (Å²) >= 11 is -6.65. The van der Waals surface area contributed by atoms with Crippen LogP contribution in [-0.4, -0.2) is 93.9 Å². The van der Waals surface area contributed by atoms with Crippen molar-refractivity contribution in [1.82, 2.24) is 29.9 Å². The number of benzene rings is 7. The molecule has 0 bridgehead atoms. The Balaban J connectivity index is 0.000000243. The molecule has 0 saturated heterocycles. The Bertz CT molecular complexity index is 5160. The van der Waals surface area contributed by atoms with Crippen LogP contribution in [0.2, 0.25) is 102 Å². The molecule has 14 rings (SSSR count). The molecule has 0 amide bonds. The third-order valence-electron chi connectivity index (χ3n) is 27.1. The third-order valence-corrected chi connectivity index (χ3v) is 77.5. The smallest absolute Gasteiger partial charge is 0.0799 e. The van der Waals surface area contributed by atoms with E-state index >= 15 is 0 Å². The van der Waals surface area contributed by atoms with Crippen molar-refractivity contribution in [1.29, 1.82) is 0 Å². The van der Waals surface area contributed by atoms with Crippen LogP contribution in [-0.2, 0) is 66.7 Å². The van der Waals surface area contributed by atoms with Crippen molar-refractivity contribution in [3.05, 3.63) is 315 Å². The Morgan fingerprint density at radius 1 is 0.280 bits per heavy atom. The van der Waals surface area contributed by atoms with Gasteiger partial charge in [-0.1, -0.05) is 151 Å². The summed E-state index contributed by atoms with van der Waals surface area (Å²) in [6, 6.07) is 99.3. The average Bonchev–Trinajstić information content (AvgIpc) is 1.01. The zero-order chi connectivity index (χ0) is 94.2. The van der Waals surface area contributed by atoms with Crippen LogP contribution in [0.4, 0.5) is 0 Å². The molecule has 0 unspecified atom stereocenters. The van der Waals surface area contributed by atoms with E-state index in [0.717, 1.165) is 123 Å². The van der Waals surface area contributed by atoms with Crippen molar-refractivity contribution in [3.8, 4) is 78.7 Å². The van der Waals surface area contributed by atoms with Gasteiger partial charge >= 0.3 is 415 Å². The summed E-state index contributed by atoms with van der Waals surface area (Å²) in [6.07, 6.45) is 19.4. The van der Waals surface area contributed by atoms with Gasteiger partial charge in [0.1, 0.15) is 0 Å². The Morgan fingerprint density at radius 3 is 0.879 bits per heavy atom. The predicted molar refractivity (Wildman–Crippen MR) is 577 cm³/mol. The minimum atomic E-state index is -2.22. The number of aromatic nitrogens is 6. The van der Waals surface area contributed by atoms with Gasteiger partial charge in [0.05, 0.1) is 24.2 Å². The molecule has 13 aromatic rings. The quantitative estimate of drug-likeness (QED) is 0.0419. The molecular formula is C117H152Ge3Ir3N6Si3-6. The molecular weight excluding hydrogens is 2370 g/mol. The van der Waals surface area contributed by atoms with Crippen molar-refractivity contribution in [2.75, 3.05) is 0 Å². The molecule has 1 saturated carbocycles. The van der Waals surface area contributed by atoms with Crippen molar-refractivity contribution in [2.45, 2.75) is 278 Å². The molecule has 1 aliphatic carbocycles. The van der Waals surface area contributed by atoms with Crippen LogP contribution in [0.15, 0.2) is 268 Å². The van der Waals surface area contributed by atoms with Gasteiger partial charge in [0.25, 0.3) is 0 Å². The van der Waals surface area contributed by atoms with Gasteiger partial charge in [-0.15, -0.1) is 107 Å². The van der Waals surface area contributed by atoms with E-state index in [2.05, 4.69) is 408 Å². The Hall–Kier alpha value is -6.33. The molecule has 6 heterocycles. The normalized spacial score (nSPS) is 12.5. The molecule has 7 aromatic carbocycles. The minimum Gasteiger partial charge on any atom is -0.305 e. The van der Waals surface area contributed by atoms with E-state index in [0.29, 0.717) is 5.92 Å². The summed E-state index contributed by atoms with van der Waals surface area (Å²) in [7, 11) is -3.98. The second-order valence-electron chi connectivity index (χ2n) is 41.9. The van der Waals surface area contributed by atoms with Gasteiger partial charge in [0.2, 0.25) is 0 Å². The van der Waals surface area contributed by atoms with Crippen molar-refractivity contribution in [2.24, 2.45) is 5.92 Å². The molecule has 1 fully saturated rings. The number of rotatable bonds is 25. The van der Waals surface area contributed by atoms with E-state index in [-0.39, 0.29) is 60.3 Å². The first-order valence-electron chi connectivity index (χ1n) is 48.0. The molecule has 1 aliphatic rings. The van der Waals surface area contributed by atoms with Crippen LogP contribution in [0.3, 0.4) is 0 Å². The Kier molecular flexibility index (Phi) is 45.9. The first-order valence-corrected chi connectivity index (χ1v) is 72.5. The second-order valence-corrected chi connectivity index (χ2v) is 94.2. The van der Waals surface area contributed by atoms with E-state index in [1.807, 2.05) is 103 Å². The van der Waals surface area contributed by atoms with E-state index in [1.54, 1.807) is 23.9 Å².